The Labute approximate surface area is 405 Å². The van der Waals surface area contributed by atoms with Crippen LogP contribution < -0.4 is 4.74 Å². The number of benzene rings is 6. The summed E-state index contributed by atoms with van der Waals surface area (Å²) in [5, 5.41) is 0. The zero-order valence-corrected chi connectivity index (χ0v) is 38.4. The van der Waals surface area contributed by atoms with Gasteiger partial charge in [-0.05, 0) is 90.7 Å². The highest BCUT2D eigenvalue weighted by Crippen LogP contribution is 2.40. The van der Waals surface area contributed by atoms with Crippen molar-refractivity contribution >= 4 is 0 Å². The van der Waals surface area contributed by atoms with Crippen LogP contribution >= 0.6 is 0 Å². The molecule has 2 heterocycles. The van der Waals surface area contributed by atoms with Crippen LogP contribution in [0, 0.1) is 75.8 Å². The van der Waals surface area contributed by atoms with E-state index < -0.39 is 105 Å². The lowest BCUT2D eigenvalue weighted by Gasteiger charge is -2.30. The Morgan fingerprint density at radius 1 is 0.472 bits per heavy atom. The van der Waals surface area contributed by atoms with E-state index in [9.17, 15) is 57.1 Å². The second kappa shape index (κ2) is 23.7. The Kier molecular flexibility index (Phi) is 17.7. The minimum absolute atomic E-state index is 0.106. The van der Waals surface area contributed by atoms with E-state index >= 15 is 0 Å². The predicted molar refractivity (Wildman–Crippen MR) is 237 cm³/mol. The van der Waals surface area contributed by atoms with Gasteiger partial charge in [0.1, 0.15) is 40.4 Å². The van der Waals surface area contributed by atoms with Gasteiger partial charge in [0.05, 0.1) is 33.0 Å². The van der Waals surface area contributed by atoms with Crippen LogP contribution in [0.1, 0.15) is 68.8 Å². The molecule has 6 nitrogen and oxygen atoms in total. The van der Waals surface area contributed by atoms with Gasteiger partial charge in [-0.2, -0.15) is 8.78 Å². The Morgan fingerprint density at radius 3 is 1.42 bits per heavy atom. The third kappa shape index (κ3) is 12.8. The zero-order valence-electron chi connectivity index (χ0n) is 38.4. The number of hydrogen-bond donors (Lipinski definition) is 0. The molecule has 0 spiro atoms. The van der Waals surface area contributed by atoms with E-state index in [0.29, 0.717) is 74.5 Å². The van der Waals surface area contributed by atoms with Crippen molar-refractivity contribution in [3.8, 4) is 39.1 Å². The fraction of sp³-hybridized carbons (Fsp3) is 0.321. The van der Waals surface area contributed by atoms with Gasteiger partial charge in [-0.15, -0.1) is 0 Å². The van der Waals surface area contributed by atoms with Gasteiger partial charge >= 0.3 is 6.11 Å². The Balaban J connectivity index is 0.000000214. The highest BCUT2D eigenvalue weighted by Gasteiger charge is 2.42. The van der Waals surface area contributed by atoms with Crippen LogP contribution in [0.2, 0.25) is 0 Å². The fourth-order valence-corrected chi connectivity index (χ4v) is 7.95. The molecule has 6 aromatic carbocycles. The summed E-state index contributed by atoms with van der Waals surface area (Å²) in [4.78, 5) is 0. The van der Waals surface area contributed by atoms with Crippen LogP contribution in [0.4, 0.5) is 57.1 Å². The Morgan fingerprint density at radius 2 is 0.917 bits per heavy atom. The summed E-state index contributed by atoms with van der Waals surface area (Å²) >= 11 is 0. The third-order valence-electron chi connectivity index (χ3n) is 11.7. The first-order valence-electron chi connectivity index (χ1n) is 22.7. The second-order valence-corrected chi connectivity index (χ2v) is 16.9. The molecule has 2 saturated heterocycles. The first-order valence-corrected chi connectivity index (χ1v) is 22.7. The largest absolute Gasteiger partial charge is 0.432 e. The topological polar surface area (TPSA) is 55.4 Å². The standard InChI is InChI=1S/C28H24F8O3.C25H21F5O3/c1-2-3-4-5-15-13-37-27(38-14-15)17-10-21(30)25(22(31)11-17)28(35,36)39-18-6-7-19(20(29)12-18)16-8-23(32)26(34)24(33)9-16;1-2-31-11-14-12-32-25(33-13-14)16-4-6-18(21(27)8-16)15-3-5-19(20(26)7-15)17-9-22(28)24(30)23(29)10-17/h6-12,15,27H,2-5,13-14H2,1H3;3-10,14,25H,2,11-13H2,1H3. The molecule has 2 aliphatic heterocycles. The van der Waals surface area contributed by atoms with Crippen molar-refractivity contribution < 1.29 is 85.5 Å². The molecule has 2 fully saturated rings. The normalized spacial score (nSPS) is 18.2. The van der Waals surface area contributed by atoms with Gasteiger partial charge in [0.15, 0.2) is 47.5 Å². The average molecular weight is 1020 g/mol. The highest BCUT2D eigenvalue weighted by atomic mass is 19.3. The van der Waals surface area contributed by atoms with Gasteiger partial charge in [-0.25, -0.2) is 48.3 Å². The highest BCUT2D eigenvalue weighted by molar-refractivity contribution is 5.72. The molecule has 0 aliphatic carbocycles. The summed E-state index contributed by atoms with van der Waals surface area (Å²) in [6, 6.07) is 13.9. The van der Waals surface area contributed by atoms with Gasteiger partial charge in [-0.3, -0.25) is 0 Å². The van der Waals surface area contributed by atoms with E-state index in [1.807, 2.05) is 6.92 Å². The SMILES string of the molecule is CCCCCC1COC(c2cc(F)c(C(F)(F)Oc3ccc(-c4cc(F)c(F)c(F)c4)c(F)c3)c(F)c2)OC1.CCOCC1COC(c2ccc(-c3ccc(-c4cc(F)c(F)c(F)c4)c(F)c3)c(F)c2)OC1. The maximum atomic E-state index is 14.8. The van der Waals surface area contributed by atoms with Gasteiger partial charge in [0, 0.05) is 52.3 Å². The fourth-order valence-electron chi connectivity index (χ4n) is 7.95. The molecule has 0 bridgehead atoms. The molecule has 0 atom stereocenters. The van der Waals surface area contributed by atoms with E-state index in [1.54, 1.807) is 6.07 Å². The zero-order chi connectivity index (χ0) is 51.9. The van der Waals surface area contributed by atoms with E-state index in [1.165, 1.54) is 24.3 Å². The summed E-state index contributed by atoms with van der Waals surface area (Å²) in [6.45, 7) is 6.52. The molecule has 8 rings (SSSR count). The van der Waals surface area contributed by atoms with Gasteiger partial charge < -0.3 is 28.4 Å². The summed E-state index contributed by atoms with van der Waals surface area (Å²) < 4.78 is 216. The Hall–Kier alpha value is -5.99. The minimum atomic E-state index is -4.58. The van der Waals surface area contributed by atoms with Gasteiger partial charge in [0.25, 0.3) is 0 Å². The molecule has 6 aromatic rings. The lowest BCUT2D eigenvalue weighted by atomic mass is 9.98. The van der Waals surface area contributed by atoms with Crippen LogP contribution in [0.5, 0.6) is 5.75 Å². The molecule has 0 radical (unpaired) electrons. The predicted octanol–water partition coefficient (Wildman–Crippen LogP) is 15.0. The van der Waals surface area contributed by atoms with Crippen LogP contribution in [-0.4, -0.2) is 39.6 Å². The van der Waals surface area contributed by atoms with Crippen LogP contribution in [0.25, 0.3) is 33.4 Å². The van der Waals surface area contributed by atoms with Crippen molar-refractivity contribution in [2.45, 2.75) is 58.2 Å². The molecule has 0 amide bonds. The number of unbranched alkanes of at least 4 members (excludes halogenated alkanes) is 2. The first kappa shape index (κ1) is 53.8. The van der Waals surface area contributed by atoms with Crippen molar-refractivity contribution in [1.29, 1.82) is 0 Å². The van der Waals surface area contributed by atoms with E-state index in [4.69, 9.17) is 23.7 Å². The summed E-state index contributed by atoms with van der Waals surface area (Å²) in [5.41, 5.74) is -2.17. The van der Waals surface area contributed by atoms with Crippen molar-refractivity contribution in [2.24, 2.45) is 11.8 Å². The number of halogens is 13. The van der Waals surface area contributed by atoms with Crippen LogP contribution in [-0.2, 0) is 29.8 Å². The minimum Gasteiger partial charge on any atom is -0.429 e. The van der Waals surface area contributed by atoms with E-state index in [0.717, 1.165) is 43.9 Å². The molecule has 2 aliphatic rings. The monoisotopic (exact) mass is 1020 g/mol. The molecule has 384 valence electrons. The number of alkyl halides is 2. The maximum Gasteiger partial charge on any atom is 0.432 e. The molecule has 0 aromatic heterocycles. The smallest absolute Gasteiger partial charge is 0.429 e. The molecule has 19 heteroatoms. The van der Waals surface area contributed by atoms with Gasteiger partial charge in [0.2, 0.25) is 0 Å². The Bertz CT molecular complexity index is 2780. The molecular weight excluding hydrogens is 980 g/mol. The lowest BCUT2D eigenvalue weighted by Crippen LogP contribution is -2.30. The molecule has 0 unspecified atom stereocenters. The quantitative estimate of drug-likeness (QED) is 0.0580. The molecular formula is C53H45F13O6. The van der Waals surface area contributed by atoms with Crippen LogP contribution in [0.3, 0.4) is 0 Å². The maximum absolute atomic E-state index is 14.8. The van der Waals surface area contributed by atoms with Crippen molar-refractivity contribution in [2.75, 3.05) is 39.6 Å². The number of hydrogen-bond acceptors (Lipinski definition) is 6. The van der Waals surface area contributed by atoms with Crippen molar-refractivity contribution in [3.05, 3.63) is 172 Å². The lowest BCUT2D eigenvalue weighted by molar-refractivity contribution is -0.212. The summed E-state index contributed by atoms with van der Waals surface area (Å²) in [7, 11) is 0. The summed E-state index contributed by atoms with van der Waals surface area (Å²) in [5.74, 6) is -16.0. The number of ether oxygens (including phenoxy) is 6. The first-order chi connectivity index (χ1) is 34.4. The third-order valence-corrected chi connectivity index (χ3v) is 11.7. The molecule has 0 N–H and O–H groups in total. The van der Waals surface area contributed by atoms with Gasteiger partial charge in [-0.1, -0.05) is 50.5 Å². The second-order valence-electron chi connectivity index (χ2n) is 16.9. The van der Waals surface area contributed by atoms with Crippen LogP contribution in [0.15, 0.2) is 91.0 Å². The summed E-state index contributed by atoms with van der Waals surface area (Å²) in [6.07, 6.45) is -2.47. The van der Waals surface area contributed by atoms with E-state index in [-0.39, 0.29) is 52.9 Å². The number of rotatable bonds is 15. The molecule has 0 saturated carbocycles. The average Bonchev–Trinajstić information content (AvgIpc) is 3.34. The van der Waals surface area contributed by atoms with Crippen molar-refractivity contribution in [3.63, 3.8) is 0 Å². The van der Waals surface area contributed by atoms with Crippen molar-refractivity contribution in [1.82, 2.24) is 0 Å². The molecule has 72 heavy (non-hydrogen) atoms. The van der Waals surface area contributed by atoms with E-state index in [2.05, 4.69) is 11.7 Å².